The Hall–Kier alpha value is -1.62. The van der Waals surface area contributed by atoms with Gasteiger partial charge in [0.25, 0.3) is 11.6 Å². The molecular weight excluding hydrogens is 268 g/mol. The van der Waals surface area contributed by atoms with Crippen LogP contribution in [0.25, 0.3) is 0 Å². The lowest BCUT2D eigenvalue weighted by atomic mass is 10.1. The van der Waals surface area contributed by atoms with Crippen LogP contribution in [-0.2, 0) is 0 Å². The van der Waals surface area contributed by atoms with Crippen molar-refractivity contribution in [1.29, 1.82) is 0 Å². The summed E-state index contributed by atoms with van der Waals surface area (Å²) in [6.07, 6.45) is 4.25. The van der Waals surface area contributed by atoms with E-state index in [1.54, 1.807) is 11.9 Å². The summed E-state index contributed by atoms with van der Waals surface area (Å²) in [4.78, 5) is 24.2. The topological polar surface area (TPSA) is 63.5 Å². The van der Waals surface area contributed by atoms with Gasteiger partial charge in [0.2, 0.25) is 0 Å². The van der Waals surface area contributed by atoms with Gasteiger partial charge < -0.3 is 4.90 Å². The van der Waals surface area contributed by atoms with Crippen LogP contribution in [0.1, 0.15) is 36.0 Å². The Balaban J connectivity index is 2.23. The Morgan fingerprint density at radius 2 is 2.05 bits per heavy atom. The highest BCUT2D eigenvalue weighted by molar-refractivity contribution is 6.32. The molecule has 1 saturated carbocycles. The van der Waals surface area contributed by atoms with Gasteiger partial charge in [0.15, 0.2) is 0 Å². The summed E-state index contributed by atoms with van der Waals surface area (Å²) in [5.74, 6) is -0.188. The summed E-state index contributed by atoms with van der Waals surface area (Å²) in [6, 6.07) is 4.41. The molecule has 1 aromatic rings. The summed E-state index contributed by atoms with van der Waals surface area (Å²) < 4.78 is 0. The lowest BCUT2D eigenvalue weighted by Crippen LogP contribution is -2.35. The fourth-order valence-corrected chi connectivity index (χ4v) is 2.63. The largest absolute Gasteiger partial charge is 0.339 e. The molecule has 0 saturated heterocycles. The minimum Gasteiger partial charge on any atom is -0.339 e. The van der Waals surface area contributed by atoms with E-state index in [0.717, 1.165) is 25.7 Å². The Morgan fingerprint density at radius 1 is 1.42 bits per heavy atom. The molecule has 0 unspecified atom stereocenters. The number of carbonyl (C=O) groups is 1. The van der Waals surface area contributed by atoms with Crippen LogP contribution in [0.2, 0.25) is 5.02 Å². The highest BCUT2D eigenvalue weighted by Gasteiger charge is 2.25. The van der Waals surface area contributed by atoms with Crippen molar-refractivity contribution in [2.45, 2.75) is 31.7 Å². The Morgan fingerprint density at radius 3 is 2.63 bits per heavy atom. The van der Waals surface area contributed by atoms with Gasteiger partial charge in [-0.15, -0.1) is 0 Å². The third kappa shape index (κ3) is 2.87. The zero-order chi connectivity index (χ0) is 14.0. The molecule has 19 heavy (non-hydrogen) atoms. The highest BCUT2D eigenvalue weighted by Crippen LogP contribution is 2.27. The molecule has 0 radical (unpaired) electrons. The average Bonchev–Trinajstić information content (AvgIpc) is 2.91. The second-order valence-electron chi connectivity index (χ2n) is 4.78. The Labute approximate surface area is 116 Å². The van der Waals surface area contributed by atoms with Crippen molar-refractivity contribution in [3.05, 3.63) is 38.9 Å². The number of nitro groups is 1. The molecule has 102 valence electrons. The number of amides is 1. The second kappa shape index (κ2) is 5.57. The van der Waals surface area contributed by atoms with Gasteiger partial charge in [-0.25, -0.2) is 0 Å². The van der Waals surface area contributed by atoms with Crippen LogP contribution in [-0.4, -0.2) is 28.8 Å². The van der Waals surface area contributed by atoms with Gasteiger partial charge in [-0.3, -0.25) is 14.9 Å². The number of rotatable bonds is 3. The molecule has 0 atom stereocenters. The number of hydrogen-bond donors (Lipinski definition) is 0. The van der Waals surface area contributed by atoms with Crippen molar-refractivity contribution in [3.8, 4) is 0 Å². The molecule has 1 aromatic carbocycles. The summed E-state index contributed by atoms with van der Waals surface area (Å²) >= 11 is 5.74. The van der Waals surface area contributed by atoms with Crippen LogP contribution in [0.4, 0.5) is 5.69 Å². The smallest absolute Gasteiger partial charge is 0.288 e. The number of halogens is 1. The van der Waals surface area contributed by atoms with Gasteiger partial charge in [0.1, 0.15) is 5.02 Å². The predicted molar refractivity (Wildman–Crippen MR) is 72.5 cm³/mol. The first-order chi connectivity index (χ1) is 9.00. The quantitative estimate of drug-likeness (QED) is 0.631. The Bertz CT molecular complexity index is 513. The van der Waals surface area contributed by atoms with Gasteiger partial charge in [-0.05, 0) is 25.0 Å². The first kappa shape index (κ1) is 13.8. The van der Waals surface area contributed by atoms with E-state index in [0.29, 0.717) is 5.56 Å². The molecule has 0 spiro atoms. The van der Waals surface area contributed by atoms with E-state index in [9.17, 15) is 14.9 Å². The van der Waals surface area contributed by atoms with E-state index in [4.69, 9.17) is 11.6 Å². The first-order valence-electron chi connectivity index (χ1n) is 6.22. The van der Waals surface area contributed by atoms with Crippen molar-refractivity contribution in [2.24, 2.45) is 0 Å². The van der Waals surface area contributed by atoms with Crippen molar-refractivity contribution in [1.82, 2.24) is 4.90 Å². The van der Waals surface area contributed by atoms with Crippen molar-refractivity contribution < 1.29 is 9.72 Å². The van der Waals surface area contributed by atoms with Crippen LogP contribution in [0.3, 0.4) is 0 Å². The number of nitrogens with zero attached hydrogens (tertiary/aromatic N) is 2. The molecule has 1 aliphatic rings. The molecule has 0 aromatic heterocycles. The van der Waals surface area contributed by atoms with Gasteiger partial charge >= 0.3 is 0 Å². The molecule has 6 heteroatoms. The molecule has 2 rings (SSSR count). The van der Waals surface area contributed by atoms with Crippen LogP contribution in [0, 0.1) is 10.1 Å². The van der Waals surface area contributed by atoms with Gasteiger partial charge in [-0.1, -0.05) is 24.4 Å². The molecule has 0 N–H and O–H groups in total. The van der Waals surface area contributed by atoms with Gasteiger partial charge in [0.05, 0.1) is 4.92 Å². The number of hydrogen-bond acceptors (Lipinski definition) is 3. The minimum atomic E-state index is -0.575. The fourth-order valence-electron chi connectivity index (χ4n) is 2.45. The molecule has 1 fully saturated rings. The normalized spacial score (nSPS) is 15.5. The highest BCUT2D eigenvalue weighted by atomic mass is 35.5. The first-order valence-corrected chi connectivity index (χ1v) is 6.59. The summed E-state index contributed by atoms with van der Waals surface area (Å²) in [7, 11) is 1.75. The van der Waals surface area contributed by atoms with Crippen molar-refractivity contribution in [3.63, 3.8) is 0 Å². The van der Waals surface area contributed by atoms with Crippen LogP contribution in [0.15, 0.2) is 18.2 Å². The van der Waals surface area contributed by atoms with E-state index in [2.05, 4.69) is 0 Å². The molecule has 1 aliphatic carbocycles. The molecular formula is C13H15ClN2O3. The van der Waals surface area contributed by atoms with Gasteiger partial charge in [-0.2, -0.15) is 0 Å². The minimum absolute atomic E-state index is 0.0464. The average molecular weight is 283 g/mol. The van der Waals surface area contributed by atoms with E-state index < -0.39 is 4.92 Å². The van der Waals surface area contributed by atoms with Crippen LogP contribution >= 0.6 is 11.6 Å². The van der Waals surface area contributed by atoms with Crippen LogP contribution in [0.5, 0.6) is 0 Å². The second-order valence-corrected chi connectivity index (χ2v) is 5.18. The molecule has 0 aliphatic heterocycles. The zero-order valence-electron chi connectivity index (χ0n) is 10.6. The number of nitro benzene ring substituents is 1. The Kier molecular flexibility index (Phi) is 4.04. The standard InChI is InChI=1S/C13H15ClN2O3/c1-15(10-4-2-3-5-10)13(17)9-6-7-11(14)12(8-9)16(18)19/h6-8,10H,2-5H2,1H3. The predicted octanol–water partition coefficient (Wildman–Crippen LogP) is 3.26. The van der Waals surface area contributed by atoms with E-state index >= 15 is 0 Å². The van der Waals surface area contributed by atoms with Crippen LogP contribution < -0.4 is 0 Å². The maximum atomic E-state index is 12.3. The third-order valence-electron chi connectivity index (χ3n) is 3.58. The number of carbonyl (C=O) groups excluding carboxylic acids is 1. The van der Waals surface area contributed by atoms with E-state index in [1.165, 1.54) is 18.2 Å². The molecule has 0 bridgehead atoms. The lowest BCUT2D eigenvalue weighted by Gasteiger charge is -2.24. The van der Waals surface area contributed by atoms with E-state index in [-0.39, 0.29) is 22.7 Å². The zero-order valence-corrected chi connectivity index (χ0v) is 11.4. The summed E-state index contributed by atoms with van der Waals surface area (Å²) in [5, 5.41) is 10.9. The fraction of sp³-hybridized carbons (Fsp3) is 0.462. The third-order valence-corrected chi connectivity index (χ3v) is 3.90. The number of benzene rings is 1. The van der Waals surface area contributed by atoms with Crippen molar-refractivity contribution in [2.75, 3.05) is 7.05 Å². The maximum absolute atomic E-state index is 12.3. The summed E-state index contributed by atoms with van der Waals surface area (Å²) in [6.45, 7) is 0. The molecule has 1 amide bonds. The van der Waals surface area contributed by atoms with E-state index in [1.807, 2.05) is 0 Å². The molecule has 5 nitrogen and oxygen atoms in total. The SMILES string of the molecule is CN(C(=O)c1ccc(Cl)c([N+](=O)[O-])c1)C1CCCC1. The monoisotopic (exact) mass is 282 g/mol. The maximum Gasteiger partial charge on any atom is 0.288 e. The molecule has 0 heterocycles. The van der Waals surface area contributed by atoms with Gasteiger partial charge in [0, 0.05) is 24.7 Å². The lowest BCUT2D eigenvalue weighted by molar-refractivity contribution is -0.384. The summed E-state index contributed by atoms with van der Waals surface area (Å²) in [5.41, 5.74) is 0.0813. The van der Waals surface area contributed by atoms with Crippen molar-refractivity contribution >= 4 is 23.2 Å².